The Morgan fingerprint density at radius 3 is 2.59 bits per heavy atom. The van der Waals surface area contributed by atoms with Gasteiger partial charge in [0.2, 0.25) is 5.91 Å². The van der Waals surface area contributed by atoms with Crippen molar-refractivity contribution in [1.29, 1.82) is 0 Å². The molecule has 0 aliphatic carbocycles. The van der Waals surface area contributed by atoms with Crippen molar-refractivity contribution in [2.45, 2.75) is 19.3 Å². The summed E-state index contributed by atoms with van der Waals surface area (Å²) in [4.78, 5) is 22.8. The molecule has 7 heteroatoms. The molecule has 1 N–H and O–H groups in total. The monoisotopic (exact) mass is 429 g/mol. The number of hydrogen-bond acceptors (Lipinski definition) is 4. The number of nitrogens with one attached hydrogen (secondary N) is 1. The van der Waals surface area contributed by atoms with E-state index in [9.17, 15) is 9.18 Å². The van der Waals surface area contributed by atoms with Gasteiger partial charge in [-0.1, -0.05) is 30.3 Å². The number of fused-ring (bicyclic) bond motifs is 1. The van der Waals surface area contributed by atoms with Crippen molar-refractivity contribution in [2.75, 3.05) is 25.0 Å². The van der Waals surface area contributed by atoms with Crippen LogP contribution in [0, 0.1) is 5.82 Å². The summed E-state index contributed by atoms with van der Waals surface area (Å²) in [6.45, 7) is 2.31. The molecule has 0 unspecified atom stereocenters. The highest BCUT2D eigenvalue weighted by atomic mass is 19.1. The summed E-state index contributed by atoms with van der Waals surface area (Å²) in [5.41, 5.74) is 3.64. The molecule has 6 nitrogen and oxygen atoms in total. The van der Waals surface area contributed by atoms with Crippen LogP contribution in [0.1, 0.15) is 19.3 Å². The number of carbonyl (C=O) groups excluding carboxylic acids is 1. The third kappa shape index (κ3) is 3.93. The van der Waals surface area contributed by atoms with Crippen LogP contribution in [-0.2, 0) is 4.79 Å². The Morgan fingerprint density at radius 1 is 1.03 bits per heavy atom. The molecule has 1 saturated heterocycles. The topological polar surface area (TPSA) is 63.1 Å². The molecule has 0 atom stereocenters. The lowest BCUT2D eigenvalue weighted by molar-refractivity contribution is -0.127. The van der Waals surface area contributed by atoms with Crippen molar-refractivity contribution < 1.29 is 9.18 Å². The molecule has 1 fully saturated rings. The van der Waals surface area contributed by atoms with Crippen LogP contribution in [-0.4, -0.2) is 45.0 Å². The second-order valence-corrected chi connectivity index (χ2v) is 7.94. The molecular weight excluding hydrogens is 405 g/mol. The number of aromatic nitrogens is 3. The van der Waals surface area contributed by atoms with E-state index in [0.717, 1.165) is 59.6 Å². The van der Waals surface area contributed by atoms with Gasteiger partial charge in [0.1, 0.15) is 18.0 Å². The van der Waals surface area contributed by atoms with Gasteiger partial charge in [-0.2, -0.15) is 0 Å². The normalized spacial score (nSPS) is 13.8. The highest BCUT2D eigenvalue weighted by Gasteiger charge is 2.20. The average molecular weight is 429 g/mol. The summed E-state index contributed by atoms with van der Waals surface area (Å²) in [6.07, 6.45) is 6.03. The molecule has 2 aromatic carbocycles. The molecule has 162 valence electrons. The van der Waals surface area contributed by atoms with Crippen molar-refractivity contribution in [1.82, 2.24) is 19.4 Å². The Kier molecular flexibility index (Phi) is 5.54. The summed E-state index contributed by atoms with van der Waals surface area (Å²) in [5.74, 6) is 0.724. The van der Waals surface area contributed by atoms with E-state index < -0.39 is 0 Å². The minimum absolute atomic E-state index is 0.247. The first-order chi connectivity index (χ1) is 15.7. The van der Waals surface area contributed by atoms with Crippen molar-refractivity contribution >= 4 is 22.8 Å². The summed E-state index contributed by atoms with van der Waals surface area (Å²) >= 11 is 0. The molecule has 1 aliphatic rings. The standard InChI is InChI=1S/C25H24FN5O/c26-19-9-11-20(12-10-19)31-16-21(18-6-2-1-3-7-18)23-24(28-17-29-25(23)31)27-13-5-15-30-14-4-8-22(30)32/h1-3,6-7,9-12,16-17H,4-5,8,13-15H2,(H,27,28,29). The first-order valence-corrected chi connectivity index (χ1v) is 10.9. The molecule has 0 spiro atoms. The molecule has 5 rings (SSSR count). The maximum atomic E-state index is 13.5. The van der Waals surface area contributed by atoms with Crippen molar-refractivity contribution in [3.05, 3.63) is 72.9 Å². The minimum atomic E-state index is -0.276. The Balaban J connectivity index is 1.49. The van der Waals surface area contributed by atoms with Crippen molar-refractivity contribution in [3.63, 3.8) is 0 Å². The third-order valence-corrected chi connectivity index (χ3v) is 5.84. The van der Waals surface area contributed by atoms with E-state index in [1.54, 1.807) is 18.5 Å². The Bertz CT molecular complexity index is 1240. The number of hydrogen-bond donors (Lipinski definition) is 1. The fourth-order valence-electron chi connectivity index (χ4n) is 4.25. The number of benzene rings is 2. The number of halogens is 1. The summed E-state index contributed by atoms with van der Waals surface area (Å²) in [6, 6.07) is 16.5. The maximum absolute atomic E-state index is 13.5. The van der Waals surface area contributed by atoms with Gasteiger partial charge in [0.05, 0.1) is 5.39 Å². The molecular formula is C25H24FN5O. The summed E-state index contributed by atoms with van der Waals surface area (Å²) in [5, 5.41) is 4.37. The third-order valence-electron chi connectivity index (χ3n) is 5.84. The predicted octanol–water partition coefficient (Wildman–Crippen LogP) is 4.65. The van der Waals surface area contributed by atoms with Gasteiger partial charge in [-0.05, 0) is 42.7 Å². The SMILES string of the molecule is O=C1CCCN1CCCNc1ncnc2c1c(-c1ccccc1)cn2-c1ccc(F)cc1. The van der Waals surface area contributed by atoms with Crippen LogP contribution in [0.15, 0.2) is 67.1 Å². The second-order valence-electron chi connectivity index (χ2n) is 7.94. The van der Waals surface area contributed by atoms with Gasteiger partial charge in [0.15, 0.2) is 5.65 Å². The van der Waals surface area contributed by atoms with Gasteiger partial charge in [-0.25, -0.2) is 14.4 Å². The molecule has 32 heavy (non-hydrogen) atoms. The van der Waals surface area contributed by atoms with Gasteiger partial charge in [-0.3, -0.25) is 4.79 Å². The van der Waals surface area contributed by atoms with Gasteiger partial charge >= 0.3 is 0 Å². The number of rotatable bonds is 7. The van der Waals surface area contributed by atoms with Gasteiger partial charge in [0.25, 0.3) is 0 Å². The molecule has 4 aromatic rings. The van der Waals surface area contributed by atoms with Crippen molar-refractivity contribution in [3.8, 4) is 16.8 Å². The van der Waals surface area contributed by atoms with Crippen LogP contribution >= 0.6 is 0 Å². The summed E-state index contributed by atoms with van der Waals surface area (Å²) in [7, 11) is 0. The van der Waals surface area contributed by atoms with E-state index >= 15 is 0 Å². The fraction of sp³-hybridized carbons (Fsp3) is 0.240. The number of amides is 1. The van der Waals surface area contributed by atoms with Crippen LogP contribution < -0.4 is 5.32 Å². The summed E-state index contributed by atoms with van der Waals surface area (Å²) < 4.78 is 15.5. The lowest BCUT2D eigenvalue weighted by atomic mass is 10.1. The zero-order chi connectivity index (χ0) is 21.9. The zero-order valence-corrected chi connectivity index (χ0v) is 17.7. The van der Waals surface area contributed by atoms with E-state index in [1.165, 1.54) is 12.1 Å². The average Bonchev–Trinajstić information content (AvgIpc) is 3.42. The fourth-order valence-corrected chi connectivity index (χ4v) is 4.25. The van der Waals surface area contributed by atoms with Gasteiger partial charge in [0, 0.05) is 43.5 Å². The predicted molar refractivity (Wildman–Crippen MR) is 123 cm³/mol. The Hall–Kier alpha value is -3.74. The number of nitrogens with zero attached hydrogens (tertiary/aromatic N) is 4. The molecule has 0 radical (unpaired) electrons. The first kappa shape index (κ1) is 20.2. The smallest absolute Gasteiger partial charge is 0.222 e. The van der Waals surface area contributed by atoms with E-state index in [2.05, 4.69) is 27.4 Å². The largest absolute Gasteiger partial charge is 0.369 e. The van der Waals surface area contributed by atoms with E-state index in [0.29, 0.717) is 13.0 Å². The lowest BCUT2D eigenvalue weighted by Gasteiger charge is -2.15. The van der Waals surface area contributed by atoms with E-state index in [4.69, 9.17) is 0 Å². The highest BCUT2D eigenvalue weighted by molar-refractivity contribution is 6.02. The molecule has 0 saturated carbocycles. The quantitative estimate of drug-likeness (QED) is 0.435. The molecule has 3 heterocycles. The molecule has 1 amide bonds. The number of likely N-dealkylation sites (tertiary alicyclic amines) is 1. The van der Waals surface area contributed by atoms with E-state index in [1.807, 2.05) is 33.9 Å². The Morgan fingerprint density at radius 2 is 1.84 bits per heavy atom. The van der Waals surface area contributed by atoms with E-state index in [-0.39, 0.29) is 11.7 Å². The van der Waals surface area contributed by atoms with Crippen LogP contribution in [0.5, 0.6) is 0 Å². The van der Waals surface area contributed by atoms with Gasteiger partial charge < -0.3 is 14.8 Å². The second kappa shape index (κ2) is 8.78. The lowest BCUT2D eigenvalue weighted by Crippen LogP contribution is -2.27. The number of carbonyl (C=O) groups is 1. The number of anilines is 1. The Labute approximate surface area is 185 Å². The van der Waals surface area contributed by atoms with Crippen LogP contribution in [0.2, 0.25) is 0 Å². The van der Waals surface area contributed by atoms with Gasteiger partial charge in [-0.15, -0.1) is 0 Å². The van der Waals surface area contributed by atoms with Crippen LogP contribution in [0.4, 0.5) is 10.2 Å². The highest BCUT2D eigenvalue weighted by Crippen LogP contribution is 2.35. The minimum Gasteiger partial charge on any atom is -0.369 e. The molecule has 1 aliphatic heterocycles. The molecule has 0 bridgehead atoms. The molecule has 2 aromatic heterocycles. The zero-order valence-electron chi connectivity index (χ0n) is 17.7. The van der Waals surface area contributed by atoms with Crippen molar-refractivity contribution in [2.24, 2.45) is 0 Å². The maximum Gasteiger partial charge on any atom is 0.222 e. The first-order valence-electron chi connectivity index (χ1n) is 10.9. The van der Waals surface area contributed by atoms with Crippen LogP contribution in [0.3, 0.4) is 0 Å². The van der Waals surface area contributed by atoms with Crippen LogP contribution in [0.25, 0.3) is 27.8 Å².